The molecule has 3 N–H and O–H groups in total. The monoisotopic (exact) mass is 252 g/mol. The Hall–Kier alpha value is -1.74. The Labute approximate surface area is 105 Å². The molecule has 0 fully saturated rings. The first kappa shape index (κ1) is 13.3. The van der Waals surface area contributed by atoms with Gasteiger partial charge >= 0.3 is 0 Å². The van der Waals surface area contributed by atoms with Crippen LogP contribution in [-0.4, -0.2) is 31.4 Å². The number of nitriles is 1. The van der Waals surface area contributed by atoms with E-state index in [1.54, 1.807) is 14.1 Å². The third-order valence-electron chi connectivity index (χ3n) is 2.19. The van der Waals surface area contributed by atoms with E-state index in [2.05, 4.69) is 5.32 Å². The van der Waals surface area contributed by atoms with Crippen LogP contribution in [0.4, 0.5) is 10.7 Å². The van der Waals surface area contributed by atoms with E-state index in [-0.39, 0.29) is 11.6 Å². The van der Waals surface area contributed by atoms with Gasteiger partial charge in [0.1, 0.15) is 21.5 Å². The maximum atomic E-state index is 11.8. The van der Waals surface area contributed by atoms with E-state index in [0.717, 1.165) is 13.0 Å². The summed E-state index contributed by atoms with van der Waals surface area (Å²) >= 11 is 1.24. The number of nitrogen functional groups attached to an aromatic ring is 1. The molecule has 1 aromatic heterocycles. The highest BCUT2D eigenvalue weighted by Crippen LogP contribution is 2.35. The van der Waals surface area contributed by atoms with Crippen LogP contribution < -0.4 is 11.1 Å². The lowest BCUT2D eigenvalue weighted by atomic mass is 10.2. The van der Waals surface area contributed by atoms with Crippen molar-refractivity contribution in [2.45, 2.75) is 13.3 Å². The van der Waals surface area contributed by atoms with Crippen LogP contribution in [0.15, 0.2) is 0 Å². The van der Waals surface area contributed by atoms with Gasteiger partial charge in [0.25, 0.3) is 5.91 Å². The van der Waals surface area contributed by atoms with Crippen LogP contribution in [0.5, 0.6) is 0 Å². The highest BCUT2D eigenvalue weighted by atomic mass is 32.1. The van der Waals surface area contributed by atoms with Crippen molar-refractivity contribution in [1.82, 2.24) is 4.90 Å². The Bertz CT molecular complexity index is 459. The minimum Gasteiger partial charge on any atom is -0.396 e. The number of hydrogen-bond donors (Lipinski definition) is 2. The molecular weight excluding hydrogens is 236 g/mol. The first-order valence-corrected chi connectivity index (χ1v) is 6.12. The van der Waals surface area contributed by atoms with Gasteiger partial charge < -0.3 is 16.0 Å². The van der Waals surface area contributed by atoms with Crippen LogP contribution >= 0.6 is 11.3 Å². The Morgan fingerprint density at radius 1 is 1.59 bits per heavy atom. The van der Waals surface area contributed by atoms with Crippen molar-refractivity contribution in [2.75, 3.05) is 31.7 Å². The van der Waals surface area contributed by atoms with Gasteiger partial charge in [0.05, 0.1) is 5.69 Å². The lowest BCUT2D eigenvalue weighted by Gasteiger charge is -2.08. The third kappa shape index (κ3) is 2.68. The topological polar surface area (TPSA) is 82.2 Å². The van der Waals surface area contributed by atoms with Crippen LogP contribution in [0, 0.1) is 11.3 Å². The van der Waals surface area contributed by atoms with Gasteiger partial charge in [-0.05, 0) is 6.42 Å². The SMILES string of the molecule is CCCNc1sc(C(=O)N(C)C)c(N)c1C#N. The van der Waals surface area contributed by atoms with Crippen LogP contribution in [0.25, 0.3) is 0 Å². The zero-order valence-corrected chi connectivity index (χ0v) is 11.0. The Morgan fingerprint density at radius 3 is 2.71 bits per heavy atom. The number of thiophene rings is 1. The van der Waals surface area contributed by atoms with Gasteiger partial charge in [0.15, 0.2) is 0 Å². The lowest BCUT2D eigenvalue weighted by molar-refractivity contribution is 0.0833. The minimum atomic E-state index is -0.173. The van der Waals surface area contributed by atoms with Crippen LogP contribution in [0.2, 0.25) is 0 Å². The predicted octanol–water partition coefficient (Wildman–Crippen LogP) is 1.73. The summed E-state index contributed by atoms with van der Waals surface area (Å²) in [5, 5.41) is 12.8. The number of nitrogens with one attached hydrogen (secondary N) is 1. The molecule has 0 aliphatic heterocycles. The summed E-state index contributed by atoms with van der Waals surface area (Å²) in [6.45, 7) is 2.78. The number of amides is 1. The van der Waals surface area contributed by atoms with Gasteiger partial charge in [0.2, 0.25) is 0 Å². The molecule has 1 heterocycles. The highest BCUT2D eigenvalue weighted by Gasteiger charge is 2.21. The Balaban J connectivity index is 3.14. The van der Waals surface area contributed by atoms with Crippen LogP contribution in [-0.2, 0) is 0 Å². The second kappa shape index (κ2) is 5.55. The molecule has 17 heavy (non-hydrogen) atoms. The average Bonchev–Trinajstić information content (AvgIpc) is 2.61. The quantitative estimate of drug-likeness (QED) is 0.855. The normalized spacial score (nSPS) is 9.76. The van der Waals surface area contributed by atoms with Gasteiger partial charge in [-0.3, -0.25) is 4.79 Å². The molecule has 5 nitrogen and oxygen atoms in total. The molecule has 0 aromatic carbocycles. The Morgan fingerprint density at radius 2 is 2.24 bits per heavy atom. The first-order valence-electron chi connectivity index (χ1n) is 5.30. The molecule has 1 rings (SSSR count). The largest absolute Gasteiger partial charge is 0.396 e. The van der Waals surface area contributed by atoms with E-state index in [4.69, 9.17) is 11.0 Å². The molecule has 0 spiro atoms. The van der Waals surface area contributed by atoms with E-state index < -0.39 is 0 Å². The maximum Gasteiger partial charge on any atom is 0.265 e. The molecule has 6 heteroatoms. The molecule has 0 atom stereocenters. The lowest BCUT2D eigenvalue weighted by Crippen LogP contribution is -2.21. The molecule has 1 amide bonds. The van der Waals surface area contributed by atoms with E-state index in [9.17, 15) is 4.79 Å². The number of carbonyl (C=O) groups is 1. The summed E-state index contributed by atoms with van der Waals surface area (Å²) in [5.41, 5.74) is 6.47. The number of hydrogen-bond acceptors (Lipinski definition) is 5. The molecular formula is C11H16N4OS. The molecule has 0 radical (unpaired) electrons. The van der Waals surface area contributed by atoms with Crippen LogP contribution in [0.3, 0.4) is 0 Å². The number of carbonyl (C=O) groups excluding carboxylic acids is 1. The average molecular weight is 252 g/mol. The van der Waals surface area contributed by atoms with Gasteiger partial charge in [0, 0.05) is 20.6 Å². The summed E-state index contributed by atoms with van der Waals surface area (Å²) in [4.78, 5) is 13.7. The van der Waals surface area contributed by atoms with Crippen molar-refractivity contribution in [3.05, 3.63) is 10.4 Å². The summed E-state index contributed by atoms with van der Waals surface area (Å²) in [5.74, 6) is -0.173. The van der Waals surface area contributed by atoms with E-state index in [1.165, 1.54) is 16.2 Å². The minimum absolute atomic E-state index is 0.173. The third-order valence-corrected chi connectivity index (χ3v) is 3.34. The van der Waals surface area contributed by atoms with Gasteiger partial charge in [-0.2, -0.15) is 5.26 Å². The number of nitrogens with two attached hydrogens (primary N) is 1. The van der Waals surface area contributed by atoms with E-state index >= 15 is 0 Å². The second-order valence-electron chi connectivity index (χ2n) is 3.79. The van der Waals surface area contributed by atoms with Crippen molar-refractivity contribution in [1.29, 1.82) is 5.26 Å². The Kier molecular flexibility index (Phi) is 4.35. The van der Waals surface area contributed by atoms with Gasteiger partial charge in [-0.25, -0.2) is 0 Å². The molecule has 0 aliphatic rings. The van der Waals surface area contributed by atoms with E-state index in [0.29, 0.717) is 15.4 Å². The van der Waals surface area contributed by atoms with Crippen molar-refractivity contribution < 1.29 is 4.79 Å². The second-order valence-corrected chi connectivity index (χ2v) is 4.81. The maximum absolute atomic E-state index is 11.8. The number of rotatable bonds is 4. The fraction of sp³-hybridized carbons (Fsp3) is 0.455. The fourth-order valence-corrected chi connectivity index (χ4v) is 2.40. The molecule has 0 bridgehead atoms. The van der Waals surface area contributed by atoms with Gasteiger partial charge in [-0.1, -0.05) is 6.92 Å². The summed E-state index contributed by atoms with van der Waals surface area (Å²) in [7, 11) is 3.32. The predicted molar refractivity (Wildman–Crippen MR) is 70.2 cm³/mol. The summed E-state index contributed by atoms with van der Waals surface area (Å²) in [6.07, 6.45) is 0.944. The zero-order chi connectivity index (χ0) is 13.0. The number of nitrogens with zero attached hydrogens (tertiary/aromatic N) is 2. The number of anilines is 2. The molecule has 0 saturated heterocycles. The molecule has 0 saturated carbocycles. The molecule has 92 valence electrons. The van der Waals surface area contributed by atoms with E-state index in [1.807, 2.05) is 13.0 Å². The van der Waals surface area contributed by atoms with Crippen LogP contribution in [0.1, 0.15) is 28.6 Å². The fourth-order valence-electron chi connectivity index (χ4n) is 1.28. The molecule has 0 unspecified atom stereocenters. The van der Waals surface area contributed by atoms with Crippen molar-refractivity contribution in [3.63, 3.8) is 0 Å². The first-order chi connectivity index (χ1) is 8.02. The molecule has 1 aromatic rings. The summed E-state index contributed by atoms with van der Waals surface area (Å²) < 4.78 is 0. The van der Waals surface area contributed by atoms with Gasteiger partial charge in [-0.15, -0.1) is 11.3 Å². The van der Waals surface area contributed by atoms with Crippen molar-refractivity contribution in [2.24, 2.45) is 0 Å². The molecule has 0 aliphatic carbocycles. The smallest absolute Gasteiger partial charge is 0.265 e. The summed E-state index contributed by atoms with van der Waals surface area (Å²) in [6, 6.07) is 2.04. The zero-order valence-electron chi connectivity index (χ0n) is 10.2. The van der Waals surface area contributed by atoms with Crippen molar-refractivity contribution >= 4 is 27.9 Å². The van der Waals surface area contributed by atoms with Crippen molar-refractivity contribution in [3.8, 4) is 6.07 Å². The highest BCUT2D eigenvalue weighted by molar-refractivity contribution is 7.18. The standard InChI is InChI=1S/C11H16N4OS/c1-4-5-14-10-7(6-12)8(13)9(17-10)11(16)15(2)3/h14H,4-5,13H2,1-3H3.